The number of aryl methyl sites for hydroxylation is 1. The minimum Gasteiger partial charge on any atom is -0.234 e. The van der Waals surface area contributed by atoms with Gasteiger partial charge in [0.1, 0.15) is 4.34 Å². The standard InChI is InChI=1S/C12H17N5S2/c1-2-4-9(5-3-1)10-8-19-12(13-10)18-7-6-11-14-16-17-15-11/h8-9H,1-7H2,(H,14,15,16,17). The van der Waals surface area contributed by atoms with Gasteiger partial charge in [-0.1, -0.05) is 36.2 Å². The molecule has 1 saturated carbocycles. The van der Waals surface area contributed by atoms with Gasteiger partial charge in [-0.15, -0.1) is 21.5 Å². The van der Waals surface area contributed by atoms with Crippen molar-refractivity contribution in [2.75, 3.05) is 5.75 Å². The van der Waals surface area contributed by atoms with Gasteiger partial charge in [-0.2, -0.15) is 5.21 Å². The normalized spacial score (nSPS) is 16.8. The number of aromatic amines is 1. The van der Waals surface area contributed by atoms with E-state index in [2.05, 4.69) is 26.0 Å². The number of rotatable bonds is 5. The van der Waals surface area contributed by atoms with Crippen LogP contribution in [0.1, 0.15) is 49.5 Å². The number of aromatic nitrogens is 5. The topological polar surface area (TPSA) is 67.3 Å². The van der Waals surface area contributed by atoms with Crippen LogP contribution in [0.25, 0.3) is 0 Å². The highest BCUT2D eigenvalue weighted by molar-refractivity contribution is 8.01. The molecule has 5 nitrogen and oxygen atoms in total. The van der Waals surface area contributed by atoms with Crippen molar-refractivity contribution in [2.45, 2.75) is 48.8 Å². The Kier molecular flexibility index (Phi) is 4.45. The lowest BCUT2D eigenvalue weighted by molar-refractivity contribution is 0.437. The summed E-state index contributed by atoms with van der Waals surface area (Å²) >= 11 is 3.56. The van der Waals surface area contributed by atoms with Gasteiger partial charge in [0.2, 0.25) is 0 Å². The van der Waals surface area contributed by atoms with Crippen molar-refractivity contribution in [3.8, 4) is 0 Å². The molecule has 7 heteroatoms. The number of nitrogens with one attached hydrogen (secondary N) is 1. The van der Waals surface area contributed by atoms with E-state index in [1.54, 1.807) is 23.1 Å². The lowest BCUT2D eigenvalue weighted by Gasteiger charge is -2.19. The van der Waals surface area contributed by atoms with Crippen molar-refractivity contribution in [2.24, 2.45) is 0 Å². The monoisotopic (exact) mass is 295 g/mol. The average molecular weight is 295 g/mol. The van der Waals surface area contributed by atoms with E-state index in [9.17, 15) is 0 Å². The van der Waals surface area contributed by atoms with Crippen LogP contribution < -0.4 is 0 Å². The Hall–Kier alpha value is -0.950. The molecule has 1 aliphatic rings. The first-order chi connectivity index (χ1) is 9.42. The average Bonchev–Trinajstić information content (AvgIpc) is 3.11. The molecule has 0 aliphatic heterocycles. The minimum absolute atomic E-state index is 0.705. The van der Waals surface area contributed by atoms with Crippen LogP contribution >= 0.6 is 23.1 Å². The number of hydrogen-bond acceptors (Lipinski definition) is 6. The molecule has 0 saturated heterocycles. The highest BCUT2D eigenvalue weighted by Gasteiger charge is 2.18. The third-order valence-corrected chi connectivity index (χ3v) is 5.51. The summed E-state index contributed by atoms with van der Waals surface area (Å²) in [6.07, 6.45) is 7.59. The lowest BCUT2D eigenvalue weighted by atomic mass is 9.87. The molecule has 0 atom stereocenters. The van der Waals surface area contributed by atoms with Crippen molar-refractivity contribution >= 4 is 23.1 Å². The Balaban J connectivity index is 1.50. The van der Waals surface area contributed by atoms with Crippen LogP contribution in [0, 0.1) is 0 Å². The largest absolute Gasteiger partial charge is 0.234 e. The highest BCUT2D eigenvalue weighted by Crippen LogP contribution is 2.35. The molecule has 1 N–H and O–H groups in total. The first-order valence-electron chi connectivity index (χ1n) is 6.72. The molecule has 0 amide bonds. The van der Waals surface area contributed by atoms with E-state index < -0.39 is 0 Å². The van der Waals surface area contributed by atoms with Gasteiger partial charge in [0, 0.05) is 23.5 Å². The Bertz CT molecular complexity index is 490. The highest BCUT2D eigenvalue weighted by atomic mass is 32.2. The van der Waals surface area contributed by atoms with Crippen LogP contribution in [0.3, 0.4) is 0 Å². The van der Waals surface area contributed by atoms with E-state index in [4.69, 9.17) is 4.98 Å². The maximum atomic E-state index is 4.77. The van der Waals surface area contributed by atoms with Crippen molar-refractivity contribution in [1.82, 2.24) is 25.6 Å². The van der Waals surface area contributed by atoms with Crippen molar-refractivity contribution < 1.29 is 0 Å². The SMILES string of the molecule is c1sc(SCCc2nn[nH]n2)nc1C1CCCCC1. The first-order valence-corrected chi connectivity index (χ1v) is 8.59. The van der Waals surface area contributed by atoms with Gasteiger partial charge in [0.25, 0.3) is 0 Å². The maximum Gasteiger partial charge on any atom is 0.175 e. The van der Waals surface area contributed by atoms with E-state index in [-0.39, 0.29) is 0 Å². The minimum atomic E-state index is 0.705. The van der Waals surface area contributed by atoms with E-state index in [0.29, 0.717) is 5.92 Å². The molecular formula is C12H17N5S2. The summed E-state index contributed by atoms with van der Waals surface area (Å²) in [4.78, 5) is 4.77. The van der Waals surface area contributed by atoms with Gasteiger partial charge in [0.15, 0.2) is 5.82 Å². The fourth-order valence-corrected chi connectivity index (χ4v) is 4.36. The Morgan fingerprint density at radius 1 is 1.32 bits per heavy atom. The smallest absolute Gasteiger partial charge is 0.175 e. The van der Waals surface area contributed by atoms with E-state index in [1.165, 1.54) is 42.1 Å². The lowest BCUT2D eigenvalue weighted by Crippen LogP contribution is -2.04. The van der Waals surface area contributed by atoms with Crippen molar-refractivity contribution in [1.29, 1.82) is 0 Å². The summed E-state index contributed by atoms with van der Waals surface area (Å²) in [6, 6.07) is 0. The molecule has 0 unspecified atom stereocenters. The predicted molar refractivity (Wildman–Crippen MR) is 76.5 cm³/mol. The number of nitrogens with zero attached hydrogens (tertiary/aromatic N) is 4. The second kappa shape index (κ2) is 6.47. The van der Waals surface area contributed by atoms with Gasteiger partial charge >= 0.3 is 0 Å². The quantitative estimate of drug-likeness (QED) is 0.859. The van der Waals surface area contributed by atoms with Gasteiger partial charge in [-0.3, -0.25) is 0 Å². The summed E-state index contributed by atoms with van der Waals surface area (Å²) in [6.45, 7) is 0. The number of thiazole rings is 1. The Morgan fingerprint density at radius 3 is 3.00 bits per heavy atom. The molecule has 1 fully saturated rings. The van der Waals surface area contributed by atoms with E-state index in [0.717, 1.165) is 18.0 Å². The van der Waals surface area contributed by atoms with Crippen LogP contribution in [-0.2, 0) is 6.42 Å². The molecule has 0 radical (unpaired) electrons. The van der Waals surface area contributed by atoms with Crippen LogP contribution in [0.4, 0.5) is 0 Å². The summed E-state index contributed by atoms with van der Waals surface area (Å²) < 4.78 is 1.17. The molecule has 3 rings (SSSR count). The molecule has 2 aromatic heterocycles. The number of hydrogen-bond donors (Lipinski definition) is 1. The molecule has 19 heavy (non-hydrogen) atoms. The van der Waals surface area contributed by atoms with Crippen molar-refractivity contribution in [3.63, 3.8) is 0 Å². The van der Waals surface area contributed by atoms with Crippen molar-refractivity contribution in [3.05, 3.63) is 16.9 Å². The maximum absolute atomic E-state index is 4.77. The van der Waals surface area contributed by atoms with Gasteiger partial charge < -0.3 is 0 Å². The van der Waals surface area contributed by atoms with Gasteiger partial charge in [-0.05, 0) is 12.8 Å². The van der Waals surface area contributed by atoms with Crippen LogP contribution in [0.2, 0.25) is 0 Å². The molecule has 0 aromatic carbocycles. The molecule has 102 valence electrons. The molecule has 2 heterocycles. The first kappa shape index (κ1) is 13.1. The summed E-state index contributed by atoms with van der Waals surface area (Å²) in [5.41, 5.74) is 1.31. The molecule has 0 bridgehead atoms. The third-order valence-electron chi connectivity index (χ3n) is 3.46. The predicted octanol–water partition coefficient (Wildman–Crippen LogP) is 3.04. The summed E-state index contributed by atoms with van der Waals surface area (Å²) in [5, 5.41) is 16.2. The Morgan fingerprint density at radius 2 is 2.21 bits per heavy atom. The Labute approximate surface area is 120 Å². The summed E-state index contributed by atoms with van der Waals surface area (Å²) in [5.74, 6) is 2.44. The molecular weight excluding hydrogens is 278 g/mol. The molecule has 2 aromatic rings. The van der Waals surface area contributed by atoms with E-state index in [1.807, 2.05) is 0 Å². The number of tetrazole rings is 1. The molecule has 1 aliphatic carbocycles. The van der Waals surface area contributed by atoms with Gasteiger partial charge in [-0.25, -0.2) is 4.98 Å². The fourth-order valence-electron chi connectivity index (χ4n) is 2.44. The van der Waals surface area contributed by atoms with Crippen LogP contribution in [0.15, 0.2) is 9.72 Å². The second-order valence-electron chi connectivity index (χ2n) is 4.80. The summed E-state index contributed by atoms with van der Waals surface area (Å²) in [7, 11) is 0. The number of thioether (sulfide) groups is 1. The fraction of sp³-hybridized carbons (Fsp3) is 0.667. The third kappa shape index (κ3) is 3.54. The molecule has 0 spiro atoms. The zero-order valence-electron chi connectivity index (χ0n) is 10.7. The number of H-pyrrole nitrogens is 1. The zero-order valence-corrected chi connectivity index (χ0v) is 12.3. The van der Waals surface area contributed by atoms with Crippen LogP contribution in [-0.4, -0.2) is 31.4 Å². The van der Waals surface area contributed by atoms with Crippen LogP contribution in [0.5, 0.6) is 0 Å². The van der Waals surface area contributed by atoms with Gasteiger partial charge in [0.05, 0.1) is 5.69 Å². The zero-order chi connectivity index (χ0) is 12.9. The van der Waals surface area contributed by atoms with E-state index >= 15 is 0 Å². The second-order valence-corrected chi connectivity index (χ2v) is 7.00.